The van der Waals surface area contributed by atoms with Crippen molar-refractivity contribution in [1.29, 1.82) is 0 Å². The van der Waals surface area contributed by atoms with Gasteiger partial charge in [-0.3, -0.25) is 9.59 Å². The normalized spacial score (nSPS) is 10.4. The molecule has 0 bridgehead atoms. The molecule has 0 aliphatic carbocycles. The summed E-state index contributed by atoms with van der Waals surface area (Å²) in [4.78, 5) is 49.8. The minimum atomic E-state index is -0.851. The summed E-state index contributed by atoms with van der Waals surface area (Å²) in [5, 5.41) is 6.86. The van der Waals surface area contributed by atoms with Crippen LogP contribution in [0.15, 0.2) is 59.4 Å². The molecule has 0 unspecified atom stereocenters. The van der Waals surface area contributed by atoms with Crippen LogP contribution in [-0.4, -0.2) is 47.4 Å². The lowest BCUT2D eigenvalue weighted by Gasteiger charge is -2.14. The zero-order valence-corrected chi connectivity index (χ0v) is 19.7. The van der Waals surface area contributed by atoms with Crippen LogP contribution < -0.4 is 15.6 Å². The first kappa shape index (κ1) is 25.4. The molecule has 3 rings (SSSR count). The molecule has 35 heavy (non-hydrogen) atoms. The molecule has 1 heterocycles. The summed E-state index contributed by atoms with van der Waals surface area (Å²) in [6.45, 7) is 2.92. The molecule has 11 heteroatoms. The molecule has 3 aromatic rings. The van der Waals surface area contributed by atoms with Gasteiger partial charge < -0.3 is 19.5 Å². The van der Waals surface area contributed by atoms with Gasteiger partial charge in [-0.1, -0.05) is 35.9 Å². The zero-order chi connectivity index (χ0) is 25.4. The third-order valence-corrected chi connectivity index (χ3v) is 4.82. The average molecular weight is 500 g/mol. The van der Waals surface area contributed by atoms with Crippen molar-refractivity contribution in [3.63, 3.8) is 0 Å². The van der Waals surface area contributed by atoms with Gasteiger partial charge >= 0.3 is 11.9 Å². The second-order valence-electron chi connectivity index (χ2n) is 6.88. The van der Waals surface area contributed by atoms with Gasteiger partial charge in [-0.05, 0) is 38.1 Å². The lowest BCUT2D eigenvalue weighted by Crippen LogP contribution is -2.27. The number of aromatic nitrogens is 2. The van der Waals surface area contributed by atoms with Crippen molar-refractivity contribution < 1.29 is 28.6 Å². The number of para-hydroxylation sites is 2. The maximum atomic E-state index is 12.7. The summed E-state index contributed by atoms with van der Waals surface area (Å²) in [7, 11) is 0. The number of hydrogen-bond donors (Lipinski definition) is 1. The van der Waals surface area contributed by atoms with Crippen LogP contribution in [0.3, 0.4) is 0 Å². The highest BCUT2D eigenvalue weighted by Gasteiger charge is 2.22. The minimum Gasteiger partial charge on any atom is -0.481 e. The molecule has 1 aromatic heterocycles. The number of halogens is 1. The highest BCUT2D eigenvalue weighted by Crippen LogP contribution is 2.21. The van der Waals surface area contributed by atoms with E-state index >= 15 is 0 Å². The third kappa shape index (κ3) is 6.24. The molecule has 0 spiro atoms. The standard InChI is InChI=1S/C24H22ClN3O7/c1-3-33-23(31)15-9-5-7-11-17(15)26-20(29)14-35-19-13-21(30)28(18-12-8-6-10-16(18)25)27-22(19)24(32)34-4-2/h5-13H,3-4,14H2,1-2H3,(H,26,29). The largest absolute Gasteiger partial charge is 0.481 e. The van der Waals surface area contributed by atoms with Crippen molar-refractivity contribution in [2.75, 3.05) is 25.1 Å². The van der Waals surface area contributed by atoms with Gasteiger partial charge in [0.2, 0.25) is 5.69 Å². The lowest BCUT2D eigenvalue weighted by atomic mass is 10.2. The van der Waals surface area contributed by atoms with Crippen LogP contribution in [0.25, 0.3) is 5.69 Å². The summed E-state index contributed by atoms with van der Waals surface area (Å²) in [5.41, 5.74) is -0.318. The van der Waals surface area contributed by atoms with E-state index in [1.54, 1.807) is 50.2 Å². The Bertz CT molecular complexity index is 1310. The van der Waals surface area contributed by atoms with Gasteiger partial charge in [0.15, 0.2) is 12.4 Å². The summed E-state index contributed by atoms with van der Waals surface area (Å²) >= 11 is 6.17. The first-order valence-electron chi connectivity index (χ1n) is 10.6. The molecule has 2 aromatic carbocycles. The van der Waals surface area contributed by atoms with Gasteiger partial charge in [-0.15, -0.1) is 0 Å². The highest BCUT2D eigenvalue weighted by atomic mass is 35.5. The molecular formula is C24H22ClN3O7. The van der Waals surface area contributed by atoms with Crippen LogP contribution in [-0.2, 0) is 14.3 Å². The number of carbonyl (C=O) groups is 3. The van der Waals surface area contributed by atoms with Crippen LogP contribution in [0.5, 0.6) is 5.75 Å². The Morgan fingerprint density at radius 2 is 1.63 bits per heavy atom. The van der Waals surface area contributed by atoms with E-state index in [2.05, 4.69) is 10.4 Å². The first-order chi connectivity index (χ1) is 16.8. The Morgan fingerprint density at radius 3 is 2.34 bits per heavy atom. The minimum absolute atomic E-state index is 0.0519. The Kier molecular flexibility index (Phi) is 8.58. The molecule has 10 nitrogen and oxygen atoms in total. The summed E-state index contributed by atoms with van der Waals surface area (Å²) in [6, 6.07) is 13.8. The number of carbonyl (C=O) groups excluding carboxylic acids is 3. The summed E-state index contributed by atoms with van der Waals surface area (Å²) < 4.78 is 16.4. The van der Waals surface area contributed by atoms with E-state index in [0.717, 1.165) is 10.7 Å². The Labute approximate surface area is 205 Å². The van der Waals surface area contributed by atoms with E-state index in [-0.39, 0.29) is 46.6 Å². The van der Waals surface area contributed by atoms with Crippen molar-refractivity contribution >= 4 is 35.1 Å². The Hall–Kier alpha value is -4.18. The van der Waals surface area contributed by atoms with Gasteiger partial charge in [-0.25, -0.2) is 9.59 Å². The van der Waals surface area contributed by atoms with E-state index in [4.69, 9.17) is 25.8 Å². The lowest BCUT2D eigenvalue weighted by molar-refractivity contribution is -0.118. The number of benzene rings is 2. The van der Waals surface area contributed by atoms with Gasteiger partial charge in [0.1, 0.15) is 0 Å². The zero-order valence-electron chi connectivity index (χ0n) is 18.9. The number of hydrogen-bond acceptors (Lipinski definition) is 8. The summed E-state index contributed by atoms with van der Waals surface area (Å²) in [5.74, 6) is -2.34. The van der Waals surface area contributed by atoms with E-state index in [0.29, 0.717) is 0 Å². The van der Waals surface area contributed by atoms with Crippen LogP contribution in [0, 0.1) is 0 Å². The topological polar surface area (TPSA) is 126 Å². The second kappa shape index (κ2) is 11.8. The molecule has 0 radical (unpaired) electrons. The SMILES string of the molecule is CCOC(=O)c1ccccc1NC(=O)COc1cc(=O)n(-c2ccccc2Cl)nc1C(=O)OCC. The average Bonchev–Trinajstić information content (AvgIpc) is 2.84. The second-order valence-corrected chi connectivity index (χ2v) is 7.29. The third-order valence-electron chi connectivity index (χ3n) is 4.50. The molecule has 1 amide bonds. The quantitative estimate of drug-likeness (QED) is 0.445. The first-order valence-corrected chi connectivity index (χ1v) is 11.0. The number of ether oxygens (including phenoxy) is 3. The molecule has 0 fully saturated rings. The fraction of sp³-hybridized carbons (Fsp3) is 0.208. The van der Waals surface area contributed by atoms with E-state index in [9.17, 15) is 19.2 Å². The van der Waals surface area contributed by atoms with Crippen LogP contribution in [0.2, 0.25) is 5.02 Å². The maximum Gasteiger partial charge on any atom is 0.362 e. The number of rotatable bonds is 9. The number of esters is 2. The number of nitrogens with zero attached hydrogens (tertiary/aromatic N) is 2. The molecule has 0 aliphatic rings. The monoisotopic (exact) mass is 499 g/mol. The number of amides is 1. The van der Waals surface area contributed by atoms with Gasteiger partial charge in [0, 0.05) is 0 Å². The molecule has 182 valence electrons. The fourth-order valence-electron chi connectivity index (χ4n) is 3.00. The number of nitrogens with one attached hydrogen (secondary N) is 1. The van der Waals surface area contributed by atoms with E-state index in [1.165, 1.54) is 12.1 Å². The van der Waals surface area contributed by atoms with Crippen LogP contribution in [0.4, 0.5) is 5.69 Å². The van der Waals surface area contributed by atoms with Crippen molar-refractivity contribution in [3.8, 4) is 11.4 Å². The molecule has 0 saturated heterocycles. The highest BCUT2D eigenvalue weighted by molar-refractivity contribution is 6.32. The number of anilines is 1. The van der Waals surface area contributed by atoms with Gasteiger partial charge in [0.05, 0.1) is 41.2 Å². The van der Waals surface area contributed by atoms with Gasteiger partial charge in [0.25, 0.3) is 11.5 Å². The van der Waals surface area contributed by atoms with Crippen molar-refractivity contribution in [3.05, 3.63) is 81.2 Å². The Morgan fingerprint density at radius 1 is 0.971 bits per heavy atom. The predicted octanol–water partition coefficient (Wildman–Crippen LogP) is 3.26. The van der Waals surface area contributed by atoms with Crippen molar-refractivity contribution in [2.24, 2.45) is 0 Å². The van der Waals surface area contributed by atoms with E-state index < -0.39 is 30.0 Å². The smallest absolute Gasteiger partial charge is 0.362 e. The van der Waals surface area contributed by atoms with Crippen LogP contribution in [0.1, 0.15) is 34.7 Å². The molecular weight excluding hydrogens is 478 g/mol. The summed E-state index contributed by atoms with van der Waals surface area (Å²) in [6.07, 6.45) is 0. The van der Waals surface area contributed by atoms with Crippen LogP contribution >= 0.6 is 11.6 Å². The van der Waals surface area contributed by atoms with Gasteiger partial charge in [-0.2, -0.15) is 9.78 Å². The predicted molar refractivity (Wildman–Crippen MR) is 127 cm³/mol. The fourth-order valence-corrected chi connectivity index (χ4v) is 3.21. The molecule has 0 atom stereocenters. The maximum absolute atomic E-state index is 12.7. The molecule has 0 aliphatic heterocycles. The Balaban J connectivity index is 1.85. The van der Waals surface area contributed by atoms with Crippen molar-refractivity contribution in [2.45, 2.75) is 13.8 Å². The molecule has 1 N–H and O–H groups in total. The molecule has 0 saturated carbocycles. The van der Waals surface area contributed by atoms with E-state index in [1.807, 2.05) is 0 Å². The van der Waals surface area contributed by atoms with Crippen molar-refractivity contribution in [1.82, 2.24) is 9.78 Å².